The first-order valence-corrected chi connectivity index (χ1v) is 8.15. The van der Waals surface area contributed by atoms with Crippen LogP contribution in [0.5, 0.6) is 5.88 Å². The van der Waals surface area contributed by atoms with Gasteiger partial charge in [-0.25, -0.2) is 9.97 Å². The van der Waals surface area contributed by atoms with E-state index in [0.717, 1.165) is 12.8 Å². The van der Waals surface area contributed by atoms with E-state index in [2.05, 4.69) is 20.4 Å². The molecule has 2 aromatic heterocycles. The van der Waals surface area contributed by atoms with Crippen molar-refractivity contribution >= 4 is 11.7 Å². The van der Waals surface area contributed by atoms with Crippen LogP contribution in [0.4, 0.5) is 5.82 Å². The molecule has 24 heavy (non-hydrogen) atoms. The van der Waals surface area contributed by atoms with E-state index < -0.39 is 0 Å². The average molecular weight is 330 g/mol. The van der Waals surface area contributed by atoms with E-state index in [1.54, 1.807) is 36.4 Å². The number of hydrogen-bond donors (Lipinski definition) is 1. The van der Waals surface area contributed by atoms with Crippen LogP contribution in [-0.4, -0.2) is 56.8 Å². The summed E-state index contributed by atoms with van der Waals surface area (Å²) in [5.74, 6) is 1.18. The number of carbonyl (C=O) groups excluding carboxylic acids is 1. The Morgan fingerprint density at radius 3 is 2.75 bits per heavy atom. The first kappa shape index (κ1) is 16.2. The van der Waals surface area contributed by atoms with Crippen LogP contribution < -0.4 is 10.1 Å². The van der Waals surface area contributed by atoms with Gasteiger partial charge in [-0.05, 0) is 25.8 Å². The number of aromatic nitrogens is 4. The highest BCUT2D eigenvalue weighted by molar-refractivity contribution is 5.92. The lowest BCUT2D eigenvalue weighted by atomic mass is 10.0. The molecule has 8 nitrogen and oxygen atoms in total. The summed E-state index contributed by atoms with van der Waals surface area (Å²) >= 11 is 0. The zero-order valence-electron chi connectivity index (χ0n) is 14.0. The summed E-state index contributed by atoms with van der Waals surface area (Å²) in [7, 11) is 1.58. The molecule has 0 spiro atoms. The summed E-state index contributed by atoms with van der Waals surface area (Å²) in [6.07, 6.45) is 6.61. The summed E-state index contributed by atoms with van der Waals surface area (Å²) in [5, 5.41) is 7.53. The molecule has 3 rings (SSSR count). The largest absolute Gasteiger partial charge is 0.478 e. The van der Waals surface area contributed by atoms with Crippen LogP contribution in [0.2, 0.25) is 0 Å². The monoisotopic (exact) mass is 330 g/mol. The average Bonchev–Trinajstić information content (AvgIpc) is 3.11. The Labute approximate surface area is 140 Å². The molecule has 1 amide bonds. The minimum Gasteiger partial charge on any atom is -0.478 e. The molecule has 0 radical (unpaired) electrons. The summed E-state index contributed by atoms with van der Waals surface area (Å²) in [4.78, 5) is 22.9. The first-order valence-electron chi connectivity index (χ1n) is 8.15. The van der Waals surface area contributed by atoms with Crippen molar-refractivity contribution in [3.8, 4) is 5.88 Å². The highest BCUT2D eigenvalue weighted by atomic mass is 16.5. The molecule has 8 heteroatoms. The Hall–Kier alpha value is -2.64. The van der Waals surface area contributed by atoms with Crippen molar-refractivity contribution in [2.24, 2.45) is 0 Å². The smallest absolute Gasteiger partial charge is 0.272 e. The molecule has 2 aromatic rings. The minimum atomic E-state index is 0.0462. The second-order valence-electron chi connectivity index (χ2n) is 5.66. The van der Waals surface area contributed by atoms with Crippen LogP contribution in [0, 0.1) is 0 Å². The van der Waals surface area contributed by atoms with Crippen molar-refractivity contribution < 1.29 is 9.53 Å². The van der Waals surface area contributed by atoms with Crippen LogP contribution in [-0.2, 0) is 6.54 Å². The molecule has 3 heterocycles. The number of hydrogen-bond acceptors (Lipinski definition) is 6. The standard InChI is InChI=1S/C16H22N6O2/c1-3-22-13(4-7-19-22)16(23)21-10-5-12(6-11-21)20-14-15(24-2)18-9-8-17-14/h4,7-9,12H,3,5-6,10-11H2,1-2H3,(H,17,20). The van der Waals surface area contributed by atoms with Crippen LogP contribution in [0.1, 0.15) is 30.3 Å². The molecule has 1 N–H and O–H groups in total. The highest BCUT2D eigenvalue weighted by Gasteiger charge is 2.26. The van der Waals surface area contributed by atoms with E-state index in [9.17, 15) is 4.79 Å². The molecule has 0 bridgehead atoms. The quantitative estimate of drug-likeness (QED) is 0.892. The summed E-state index contributed by atoms with van der Waals surface area (Å²) in [6, 6.07) is 2.02. The van der Waals surface area contributed by atoms with Crippen molar-refractivity contribution in [2.45, 2.75) is 32.4 Å². The number of aryl methyl sites for hydroxylation is 1. The van der Waals surface area contributed by atoms with Gasteiger partial charge >= 0.3 is 0 Å². The van der Waals surface area contributed by atoms with E-state index in [1.807, 2.05) is 11.8 Å². The van der Waals surface area contributed by atoms with Gasteiger partial charge in [-0.2, -0.15) is 5.10 Å². The topological polar surface area (TPSA) is 85.2 Å². The van der Waals surface area contributed by atoms with Gasteiger partial charge in [0.25, 0.3) is 11.8 Å². The van der Waals surface area contributed by atoms with E-state index in [-0.39, 0.29) is 11.9 Å². The van der Waals surface area contributed by atoms with Crippen molar-refractivity contribution in [3.63, 3.8) is 0 Å². The van der Waals surface area contributed by atoms with Crippen molar-refractivity contribution in [1.82, 2.24) is 24.6 Å². The minimum absolute atomic E-state index is 0.0462. The van der Waals surface area contributed by atoms with E-state index in [0.29, 0.717) is 37.0 Å². The third kappa shape index (κ3) is 3.32. The van der Waals surface area contributed by atoms with E-state index >= 15 is 0 Å². The third-order valence-electron chi connectivity index (χ3n) is 4.22. The Morgan fingerprint density at radius 1 is 1.29 bits per heavy atom. The van der Waals surface area contributed by atoms with Crippen molar-refractivity contribution in [1.29, 1.82) is 0 Å². The third-order valence-corrected chi connectivity index (χ3v) is 4.22. The second-order valence-corrected chi connectivity index (χ2v) is 5.66. The molecule has 0 aromatic carbocycles. The maximum atomic E-state index is 12.6. The first-order chi connectivity index (χ1) is 11.7. The number of methoxy groups -OCH3 is 1. The highest BCUT2D eigenvalue weighted by Crippen LogP contribution is 2.22. The molecule has 1 aliphatic heterocycles. The zero-order chi connectivity index (χ0) is 16.9. The number of nitrogens with zero attached hydrogens (tertiary/aromatic N) is 5. The van der Waals surface area contributed by atoms with Crippen molar-refractivity contribution in [2.75, 3.05) is 25.5 Å². The van der Waals surface area contributed by atoms with E-state index in [4.69, 9.17) is 4.74 Å². The van der Waals surface area contributed by atoms with Gasteiger partial charge in [0.2, 0.25) is 0 Å². The SMILES string of the molecule is CCn1nccc1C(=O)N1CCC(Nc2nccnc2OC)CC1. The number of ether oxygens (including phenoxy) is 1. The van der Waals surface area contributed by atoms with Gasteiger partial charge in [0.1, 0.15) is 5.69 Å². The lowest BCUT2D eigenvalue weighted by Crippen LogP contribution is -2.43. The molecule has 0 saturated carbocycles. The number of carbonyl (C=O) groups is 1. The molecular formula is C16H22N6O2. The number of nitrogens with one attached hydrogen (secondary N) is 1. The Morgan fingerprint density at radius 2 is 2.04 bits per heavy atom. The number of anilines is 1. The maximum Gasteiger partial charge on any atom is 0.272 e. The van der Waals surface area contributed by atoms with Crippen LogP contribution >= 0.6 is 0 Å². The van der Waals surface area contributed by atoms with Gasteiger partial charge in [-0.3, -0.25) is 9.48 Å². The number of piperidine rings is 1. The number of rotatable bonds is 5. The van der Waals surface area contributed by atoms with Gasteiger partial charge in [0.05, 0.1) is 7.11 Å². The zero-order valence-corrected chi connectivity index (χ0v) is 14.0. The molecule has 1 fully saturated rings. The fourth-order valence-electron chi connectivity index (χ4n) is 2.92. The molecule has 1 saturated heterocycles. The predicted molar refractivity (Wildman–Crippen MR) is 89.0 cm³/mol. The maximum absolute atomic E-state index is 12.6. The van der Waals surface area contributed by atoms with E-state index in [1.165, 1.54) is 0 Å². The second kappa shape index (κ2) is 7.29. The lowest BCUT2D eigenvalue weighted by molar-refractivity contribution is 0.0706. The van der Waals surface area contributed by atoms with Gasteiger partial charge < -0.3 is 15.0 Å². The van der Waals surface area contributed by atoms with Crippen LogP contribution in [0.15, 0.2) is 24.7 Å². The van der Waals surface area contributed by atoms with Crippen LogP contribution in [0.25, 0.3) is 0 Å². The van der Waals surface area contributed by atoms with Crippen LogP contribution in [0.3, 0.4) is 0 Å². The Kier molecular flexibility index (Phi) is 4.93. The van der Waals surface area contributed by atoms with Crippen molar-refractivity contribution in [3.05, 3.63) is 30.4 Å². The van der Waals surface area contributed by atoms with Gasteiger partial charge in [-0.1, -0.05) is 0 Å². The summed E-state index contributed by atoms with van der Waals surface area (Å²) < 4.78 is 6.94. The molecular weight excluding hydrogens is 308 g/mol. The molecule has 1 aliphatic rings. The van der Waals surface area contributed by atoms with Gasteiger partial charge in [0, 0.05) is 44.3 Å². The fraction of sp³-hybridized carbons (Fsp3) is 0.500. The summed E-state index contributed by atoms with van der Waals surface area (Å²) in [5.41, 5.74) is 0.652. The Bertz CT molecular complexity index is 693. The molecule has 0 aliphatic carbocycles. The fourth-order valence-corrected chi connectivity index (χ4v) is 2.92. The normalized spacial score (nSPS) is 15.3. The van der Waals surface area contributed by atoms with Gasteiger partial charge in [0.15, 0.2) is 5.82 Å². The lowest BCUT2D eigenvalue weighted by Gasteiger charge is -2.32. The Balaban J connectivity index is 1.59. The molecule has 128 valence electrons. The number of amides is 1. The number of likely N-dealkylation sites (tertiary alicyclic amines) is 1. The molecule has 0 atom stereocenters. The predicted octanol–water partition coefficient (Wildman–Crippen LogP) is 1.42. The van der Waals surface area contributed by atoms with Gasteiger partial charge in [-0.15, -0.1) is 0 Å². The molecule has 0 unspecified atom stereocenters. The summed E-state index contributed by atoms with van der Waals surface area (Å²) in [6.45, 7) is 4.08.